The summed E-state index contributed by atoms with van der Waals surface area (Å²) in [5, 5.41) is 4.38. The highest BCUT2D eigenvalue weighted by Crippen LogP contribution is 2.22. The summed E-state index contributed by atoms with van der Waals surface area (Å²) >= 11 is 1.68. The third-order valence-corrected chi connectivity index (χ3v) is 5.13. The lowest BCUT2D eigenvalue weighted by atomic mass is 10.1. The fourth-order valence-corrected chi connectivity index (χ4v) is 3.69. The van der Waals surface area contributed by atoms with Crippen molar-refractivity contribution in [3.63, 3.8) is 0 Å². The summed E-state index contributed by atoms with van der Waals surface area (Å²) in [5.41, 5.74) is 6.52. The van der Waals surface area contributed by atoms with E-state index in [-0.39, 0.29) is 5.91 Å². The van der Waals surface area contributed by atoms with Crippen LogP contribution in [0.2, 0.25) is 0 Å². The number of likely N-dealkylation sites (tertiary alicyclic amines) is 1. The quantitative estimate of drug-likeness (QED) is 0.739. The molecule has 6 nitrogen and oxygen atoms in total. The van der Waals surface area contributed by atoms with Crippen LogP contribution in [0.1, 0.15) is 18.4 Å². The first kappa shape index (κ1) is 17.7. The lowest BCUT2D eigenvalue weighted by Crippen LogP contribution is -2.43. The van der Waals surface area contributed by atoms with Crippen LogP contribution in [0.5, 0.6) is 0 Å². The molecule has 1 aliphatic rings. The average Bonchev–Trinajstić information content (AvgIpc) is 2.62. The smallest absolute Gasteiger partial charge is 0.231 e. The predicted molar refractivity (Wildman–Crippen MR) is 100 cm³/mol. The molecule has 0 aliphatic carbocycles. The van der Waals surface area contributed by atoms with Crippen LogP contribution in [0.4, 0.5) is 5.82 Å². The van der Waals surface area contributed by atoms with E-state index in [4.69, 9.17) is 5.73 Å². The number of nitrogens with one attached hydrogen (secondary N) is 1. The zero-order valence-electron chi connectivity index (χ0n) is 14.1. The third kappa shape index (κ3) is 5.72. The van der Waals surface area contributed by atoms with Gasteiger partial charge in [0.15, 0.2) is 0 Å². The van der Waals surface area contributed by atoms with Gasteiger partial charge in [-0.2, -0.15) is 0 Å². The summed E-state index contributed by atoms with van der Waals surface area (Å²) in [6, 6.07) is 10.7. The normalized spacial score (nSPS) is 15.8. The number of carbonyl (C=O) groups excluding carboxylic acids is 1. The molecule has 7 heteroatoms. The van der Waals surface area contributed by atoms with E-state index in [9.17, 15) is 4.79 Å². The van der Waals surface area contributed by atoms with Crippen LogP contribution in [0, 0.1) is 0 Å². The van der Waals surface area contributed by atoms with Gasteiger partial charge in [-0.3, -0.25) is 14.7 Å². The maximum absolute atomic E-state index is 11.0. The van der Waals surface area contributed by atoms with Gasteiger partial charge in [-0.25, -0.2) is 4.98 Å². The number of hydrogen-bond acceptors (Lipinski definition) is 6. The van der Waals surface area contributed by atoms with Crippen LogP contribution in [-0.4, -0.2) is 46.5 Å². The minimum absolute atomic E-state index is 0.264. The van der Waals surface area contributed by atoms with E-state index in [1.54, 1.807) is 24.2 Å². The van der Waals surface area contributed by atoms with Crippen molar-refractivity contribution < 1.29 is 4.79 Å². The third-order valence-electron chi connectivity index (χ3n) is 4.16. The molecular formula is C18H23N5OS. The molecule has 25 heavy (non-hydrogen) atoms. The van der Waals surface area contributed by atoms with Gasteiger partial charge in [0.1, 0.15) is 10.8 Å². The minimum atomic E-state index is -0.264. The molecule has 1 saturated heterocycles. The van der Waals surface area contributed by atoms with E-state index in [0.717, 1.165) is 42.5 Å². The standard InChI is InChI=1S/C18H23N5OS/c19-16(24)12-23-8-6-15(7-9-23)21-17-10-20-11-18(22-17)25-13-14-4-2-1-3-5-14/h1-5,10-11,15H,6-9,12-13H2,(H2,19,24)(H,21,22). The fraction of sp³-hybridized carbons (Fsp3) is 0.389. The van der Waals surface area contributed by atoms with Crippen molar-refractivity contribution in [1.29, 1.82) is 0 Å². The maximum Gasteiger partial charge on any atom is 0.231 e. The highest BCUT2D eigenvalue weighted by atomic mass is 32.2. The van der Waals surface area contributed by atoms with E-state index < -0.39 is 0 Å². The van der Waals surface area contributed by atoms with Crippen molar-refractivity contribution >= 4 is 23.5 Å². The maximum atomic E-state index is 11.0. The Bertz CT molecular complexity index is 689. The Hall–Kier alpha value is -2.12. The molecule has 1 aliphatic heterocycles. The minimum Gasteiger partial charge on any atom is -0.369 e. The van der Waals surface area contributed by atoms with Crippen LogP contribution >= 0.6 is 11.8 Å². The largest absolute Gasteiger partial charge is 0.369 e. The zero-order chi connectivity index (χ0) is 17.5. The van der Waals surface area contributed by atoms with E-state index in [2.05, 4.69) is 32.3 Å². The molecule has 2 aromatic rings. The first-order valence-corrected chi connectivity index (χ1v) is 9.43. The molecule has 132 valence electrons. The highest BCUT2D eigenvalue weighted by Gasteiger charge is 2.20. The summed E-state index contributed by atoms with van der Waals surface area (Å²) in [6.07, 6.45) is 5.50. The average molecular weight is 357 g/mol. The monoisotopic (exact) mass is 357 g/mol. The molecule has 0 bridgehead atoms. The second-order valence-electron chi connectivity index (χ2n) is 6.18. The van der Waals surface area contributed by atoms with Crippen LogP contribution in [0.3, 0.4) is 0 Å². The molecule has 2 heterocycles. The van der Waals surface area contributed by atoms with Crippen LogP contribution in [-0.2, 0) is 10.5 Å². The molecule has 3 rings (SSSR count). The van der Waals surface area contributed by atoms with Crippen molar-refractivity contribution in [3.8, 4) is 0 Å². The Morgan fingerprint density at radius 3 is 2.72 bits per heavy atom. The SMILES string of the molecule is NC(=O)CN1CCC(Nc2cncc(SCc3ccccc3)n2)CC1. The van der Waals surface area contributed by atoms with E-state index in [1.807, 2.05) is 18.2 Å². The first-order chi connectivity index (χ1) is 12.2. The first-order valence-electron chi connectivity index (χ1n) is 8.45. The van der Waals surface area contributed by atoms with E-state index in [0.29, 0.717) is 12.6 Å². The van der Waals surface area contributed by atoms with Gasteiger partial charge in [0.05, 0.1) is 18.9 Å². The van der Waals surface area contributed by atoms with Crippen LogP contribution in [0.25, 0.3) is 0 Å². The summed E-state index contributed by atoms with van der Waals surface area (Å²) in [4.78, 5) is 22.0. The number of primary amides is 1. The van der Waals surface area contributed by atoms with E-state index in [1.165, 1.54) is 5.56 Å². The van der Waals surface area contributed by atoms with Gasteiger partial charge in [-0.15, -0.1) is 11.8 Å². The summed E-state index contributed by atoms with van der Waals surface area (Å²) < 4.78 is 0. The number of rotatable bonds is 7. The van der Waals surface area contributed by atoms with Gasteiger partial charge in [0.2, 0.25) is 5.91 Å². The number of aromatic nitrogens is 2. The number of nitrogens with zero attached hydrogens (tertiary/aromatic N) is 3. The molecule has 0 radical (unpaired) electrons. The Kier molecular flexibility index (Phi) is 6.25. The number of benzene rings is 1. The molecule has 3 N–H and O–H groups in total. The van der Waals surface area contributed by atoms with Gasteiger partial charge < -0.3 is 11.1 Å². The molecule has 0 atom stereocenters. The molecule has 1 amide bonds. The van der Waals surface area contributed by atoms with Crippen molar-refractivity contribution in [2.45, 2.75) is 29.7 Å². The summed E-state index contributed by atoms with van der Waals surface area (Å²) in [5.74, 6) is 1.43. The number of anilines is 1. The van der Waals surface area contributed by atoms with Crippen LogP contribution < -0.4 is 11.1 Å². The number of hydrogen-bond donors (Lipinski definition) is 2. The number of carbonyl (C=O) groups is 1. The van der Waals surface area contributed by atoms with Crippen molar-refractivity contribution in [3.05, 3.63) is 48.3 Å². The van der Waals surface area contributed by atoms with Gasteiger partial charge in [-0.05, 0) is 18.4 Å². The highest BCUT2D eigenvalue weighted by molar-refractivity contribution is 7.98. The second kappa shape index (κ2) is 8.82. The lowest BCUT2D eigenvalue weighted by molar-refractivity contribution is -0.119. The molecule has 0 saturated carbocycles. The molecule has 1 aromatic heterocycles. The van der Waals surface area contributed by atoms with Crippen molar-refractivity contribution in [2.24, 2.45) is 5.73 Å². The van der Waals surface area contributed by atoms with E-state index >= 15 is 0 Å². The molecule has 0 spiro atoms. The number of thioether (sulfide) groups is 1. The summed E-state index contributed by atoms with van der Waals surface area (Å²) in [6.45, 7) is 2.09. The fourth-order valence-electron chi connectivity index (χ4n) is 2.88. The number of piperidine rings is 1. The Balaban J connectivity index is 1.49. The zero-order valence-corrected chi connectivity index (χ0v) is 14.9. The molecular weight excluding hydrogens is 334 g/mol. The Morgan fingerprint density at radius 2 is 2.00 bits per heavy atom. The topological polar surface area (TPSA) is 84.1 Å². The van der Waals surface area contributed by atoms with Gasteiger partial charge >= 0.3 is 0 Å². The van der Waals surface area contributed by atoms with Gasteiger partial charge in [-0.1, -0.05) is 30.3 Å². The van der Waals surface area contributed by atoms with Gasteiger partial charge in [0.25, 0.3) is 0 Å². The van der Waals surface area contributed by atoms with Crippen LogP contribution in [0.15, 0.2) is 47.8 Å². The number of nitrogens with two attached hydrogens (primary N) is 1. The van der Waals surface area contributed by atoms with Gasteiger partial charge in [0, 0.05) is 24.9 Å². The number of amides is 1. The Morgan fingerprint density at radius 1 is 1.24 bits per heavy atom. The second-order valence-corrected chi connectivity index (χ2v) is 7.17. The van der Waals surface area contributed by atoms with Crippen molar-refractivity contribution in [1.82, 2.24) is 14.9 Å². The molecule has 1 aromatic carbocycles. The predicted octanol–water partition coefficient (Wildman–Crippen LogP) is 2.13. The van der Waals surface area contributed by atoms with Crippen molar-refractivity contribution in [2.75, 3.05) is 25.0 Å². The summed E-state index contributed by atoms with van der Waals surface area (Å²) in [7, 11) is 0. The molecule has 0 unspecified atom stereocenters. The lowest BCUT2D eigenvalue weighted by Gasteiger charge is -2.31. The Labute approximate surface area is 152 Å². The molecule has 1 fully saturated rings.